The van der Waals surface area contributed by atoms with Crippen molar-refractivity contribution in [2.24, 2.45) is 15.9 Å². The highest BCUT2D eigenvalue weighted by Gasteiger charge is 2.34. The summed E-state index contributed by atoms with van der Waals surface area (Å²) >= 11 is 0. The van der Waals surface area contributed by atoms with Crippen LogP contribution in [0.4, 0.5) is 29.1 Å². The Bertz CT molecular complexity index is 959. The molecule has 2 rings (SSSR count). The van der Waals surface area contributed by atoms with Crippen LogP contribution in [0.3, 0.4) is 0 Å². The number of nitrogens with two attached hydrogens (primary N) is 2. The van der Waals surface area contributed by atoms with Crippen molar-refractivity contribution in [1.82, 2.24) is 15.0 Å². The van der Waals surface area contributed by atoms with Crippen molar-refractivity contribution in [2.45, 2.75) is 12.6 Å². The SMILES string of the molecule is NC(=Nc1ccc(F)c(C(F)(F)F)c1)c1nonc1NCCCNS(N)(=O)=O. The largest absolute Gasteiger partial charge is 0.419 e. The predicted molar refractivity (Wildman–Crippen MR) is 90.3 cm³/mol. The molecule has 15 heteroatoms. The summed E-state index contributed by atoms with van der Waals surface area (Å²) in [5, 5.41) is 14.6. The van der Waals surface area contributed by atoms with Crippen LogP contribution in [-0.4, -0.2) is 37.7 Å². The van der Waals surface area contributed by atoms with Crippen LogP contribution in [0.2, 0.25) is 0 Å². The molecule has 2 aromatic rings. The van der Waals surface area contributed by atoms with E-state index >= 15 is 0 Å². The van der Waals surface area contributed by atoms with E-state index in [9.17, 15) is 26.0 Å². The summed E-state index contributed by atoms with van der Waals surface area (Å²) in [6.45, 7) is 0.262. The van der Waals surface area contributed by atoms with Gasteiger partial charge in [0, 0.05) is 13.1 Å². The summed E-state index contributed by atoms with van der Waals surface area (Å²) in [6.07, 6.45) is -4.58. The molecule has 6 N–H and O–H groups in total. The van der Waals surface area contributed by atoms with E-state index in [0.29, 0.717) is 18.6 Å². The minimum atomic E-state index is -4.89. The van der Waals surface area contributed by atoms with Crippen LogP contribution >= 0.6 is 0 Å². The van der Waals surface area contributed by atoms with Crippen molar-refractivity contribution < 1.29 is 30.6 Å². The molecular formula is C13H15F4N7O3S. The first-order valence-electron chi connectivity index (χ1n) is 7.52. The molecule has 0 spiro atoms. The Morgan fingerprint density at radius 3 is 2.61 bits per heavy atom. The van der Waals surface area contributed by atoms with Crippen molar-refractivity contribution in [3.05, 3.63) is 35.3 Å². The molecule has 28 heavy (non-hydrogen) atoms. The number of rotatable bonds is 8. The topological polar surface area (TPSA) is 162 Å². The molecule has 0 aliphatic heterocycles. The monoisotopic (exact) mass is 425 g/mol. The van der Waals surface area contributed by atoms with Crippen molar-refractivity contribution in [3.63, 3.8) is 0 Å². The maximum Gasteiger partial charge on any atom is 0.419 e. The number of hydrogen-bond donors (Lipinski definition) is 4. The van der Waals surface area contributed by atoms with Crippen LogP contribution in [-0.2, 0) is 16.4 Å². The number of hydrogen-bond acceptors (Lipinski definition) is 7. The zero-order valence-corrected chi connectivity index (χ0v) is 14.8. The van der Waals surface area contributed by atoms with E-state index in [1.54, 1.807) is 0 Å². The second-order valence-corrected chi connectivity index (χ2v) is 6.72. The molecular weight excluding hydrogens is 410 g/mol. The van der Waals surface area contributed by atoms with Gasteiger partial charge >= 0.3 is 6.18 Å². The lowest BCUT2D eigenvalue weighted by atomic mass is 10.2. The average molecular weight is 425 g/mol. The number of amidine groups is 1. The Hall–Kier alpha value is -2.78. The zero-order valence-electron chi connectivity index (χ0n) is 14.0. The number of halogens is 4. The standard InChI is InChI=1S/C13H15F4N7O3S/c14-9-3-2-7(6-8(9)13(15,16)17)22-11(18)10-12(24-27-23-10)20-4-1-5-21-28(19,25)26/h2-3,6,21H,1,4-5H2,(H2,18,22)(H,20,24)(H2,19,25,26). The molecule has 0 saturated heterocycles. The van der Waals surface area contributed by atoms with E-state index in [0.717, 1.165) is 6.07 Å². The van der Waals surface area contributed by atoms with E-state index in [1.165, 1.54) is 0 Å². The molecule has 0 atom stereocenters. The lowest BCUT2D eigenvalue weighted by molar-refractivity contribution is -0.139. The number of anilines is 1. The summed E-state index contributed by atoms with van der Waals surface area (Å²) < 4.78 is 79.7. The molecule has 0 bridgehead atoms. The first-order valence-corrected chi connectivity index (χ1v) is 9.07. The molecule has 10 nitrogen and oxygen atoms in total. The first kappa shape index (κ1) is 21.5. The van der Waals surface area contributed by atoms with Crippen molar-refractivity contribution in [1.29, 1.82) is 0 Å². The van der Waals surface area contributed by atoms with Gasteiger partial charge in [-0.2, -0.15) is 21.6 Å². The van der Waals surface area contributed by atoms with E-state index in [4.69, 9.17) is 10.9 Å². The van der Waals surface area contributed by atoms with E-state index in [1.807, 2.05) is 0 Å². The molecule has 154 valence electrons. The van der Waals surface area contributed by atoms with Gasteiger partial charge in [0.25, 0.3) is 10.2 Å². The third kappa shape index (κ3) is 6.14. The maximum absolute atomic E-state index is 13.3. The van der Waals surface area contributed by atoms with Crippen LogP contribution < -0.4 is 20.9 Å². The Balaban J connectivity index is 2.09. The van der Waals surface area contributed by atoms with Gasteiger partial charge in [0.1, 0.15) is 5.82 Å². The summed E-state index contributed by atoms with van der Waals surface area (Å²) in [4.78, 5) is 3.77. The lowest BCUT2D eigenvalue weighted by Gasteiger charge is -2.08. The smallest absolute Gasteiger partial charge is 0.382 e. The Kier molecular flexibility index (Phi) is 6.52. The second kappa shape index (κ2) is 8.49. The number of benzene rings is 1. The minimum absolute atomic E-state index is 0.0370. The fourth-order valence-electron chi connectivity index (χ4n) is 1.97. The fourth-order valence-corrected chi connectivity index (χ4v) is 2.40. The quantitative estimate of drug-likeness (QED) is 0.211. The molecule has 0 radical (unpaired) electrons. The van der Waals surface area contributed by atoms with E-state index < -0.39 is 27.8 Å². The molecule has 1 heterocycles. The molecule has 0 amide bonds. The third-order valence-corrected chi connectivity index (χ3v) is 3.79. The van der Waals surface area contributed by atoms with Crippen LogP contribution in [0.25, 0.3) is 0 Å². The van der Waals surface area contributed by atoms with Crippen molar-refractivity contribution in [3.8, 4) is 0 Å². The van der Waals surface area contributed by atoms with Crippen LogP contribution in [0.5, 0.6) is 0 Å². The van der Waals surface area contributed by atoms with Gasteiger partial charge in [-0.25, -0.2) is 23.9 Å². The number of aromatic nitrogens is 2. The molecule has 0 fully saturated rings. The number of nitrogens with zero attached hydrogens (tertiary/aromatic N) is 3. The third-order valence-electron chi connectivity index (χ3n) is 3.19. The summed E-state index contributed by atoms with van der Waals surface area (Å²) in [5.74, 6) is -1.73. The molecule has 0 unspecified atom stereocenters. The Labute approximate surface area is 156 Å². The highest BCUT2D eigenvalue weighted by molar-refractivity contribution is 7.87. The fraction of sp³-hybridized carbons (Fsp3) is 0.308. The number of nitrogens with one attached hydrogen (secondary N) is 2. The molecule has 1 aromatic carbocycles. The average Bonchev–Trinajstić information content (AvgIpc) is 3.03. The second-order valence-electron chi connectivity index (χ2n) is 5.34. The predicted octanol–water partition coefficient (Wildman–Crippen LogP) is 0.860. The van der Waals surface area contributed by atoms with Gasteiger partial charge in [0.05, 0.1) is 11.3 Å². The van der Waals surface area contributed by atoms with Gasteiger partial charge in [-0.15, -0.1) is 0 Å². The van der Waals surface area contributed by atoms with Crippen LogP contribution in [0, 0.1) is 5.82 Å². The lowest BCUT2D eigenvalue weighted by Crippen LogP contribution is -2.32. The highest BCUT2D eigenvalue weighted by Crippen LogP contribution is 2.33. The van der Waals surface area contributed by atoms with Gasteiger partial charge in [0.15, 0.2) is 11.5 Å². The summed E-state index contributed by atoms with van der Waals surface area (Å²) in [5.41, 5.74) is 3.90. The van der Waals surface area contributed by atoms with Crippen molar-refractivity contribution >= 4 is 27.6 Å². The summed E-state index contributed by atoms with van der Waals surface area (Å²) in [6, 6.07) is 2.13. The first-order chi connectivity index (χ1) is 13.0. The van der Waals surface area contributed by atoms with Gasteiger partial charge in [-0.05, 0) is 34.9 Å². The van der Waals surface area contributed by atoms with Crippen LogP contribution in [0.1, 0.15) is 17.7 Å². The van der Waals surface area contributed by atoms with E-state index in [2.05, 4.69) is 30.0 Å². The molecule has 0 aliphatic rings. The Morgan fingerprint density at radius 1 is 1.25 bits per heavy atom. The van der Waals surface area contributed by atoms with Crippen LogP contribution in [0.15, 0.2) is 27.8 Å². The van der Waals surface area contributed by atoms with Gasteiger partial charge in [0.2, 0.25) is 5.82 Å². The van der Waals surface area contributed by atoms with Gasteiger partial charge in [-0.1, -0.05) is 0 Å². The Morgan fingerprint density at radius 2 is 1.96 bits per heavy atom. The molecule has 0 aliphatic carbocycles. The normalized spacial score (nSPS) is 13.0. The molecule has 1 aromatic heterocycles. The maximum atomic E-state index is 13.3. The van der Waals surface area contributed by atoms with Crippen molar-refractivity contribution in [2.75, 3.05) is 18.4 Å². The van der Waals surface area contributed by atoms with E-state index in [-0.39, 0.29) is 36.1 Å². The highest BCUT2D eigenvalue weighted by atomic mass is 32.2. The number of alkyl halides is 3. The van der Waals surface area contributed by atoms with Gasteiger partial charge < -0.3 is 11.1 Å². The minimum Gasteiger partial charge on any atom is -0.382 e. The zero-order chi connectivity index (χ0) is 20.9. The molecule has 0 saturated carbocycles. The number of aliphatic imine (C=N–C) groups is 1. The van der Waals surface area contributed by atoms with Gasteiger partial charge in [-0.3, -0.25) is 0 Å². The summed E-state index contributed by atoms with van der Waals surface area (Å²) in [7, 11) is -3.80.